The fourth-order valence-electron chi connectivity index (χ4n) is 2.15. The van der Waals surface area contributed by atoms with Crippen LogP contribution in [0.15, 0.2) is 18.2 Å². The zero-order chi connectivity index (χ0) is 14.0. The normalized spacial score (nSPS) is 13.9. The van der Waals surface area contributed by atoms with Gasteiger partial charge in [0.25, 0.3) is 0 Å². The third-order valence-electron chi connectivity index (χ3n) is 3.13. The van der Waals surface area contributed by atoms with Crippen molar-refractivity contribution in [2.45, 2.75) is 26.7 Å². The van der Waals surface area contributed by atoms with Crippen LogP contribution in [0.2, 0.25) is 0 Å². The lowest BCUT2D eigenvalue weighted by atomic mass is 9.89. The molecule has 3 N–H and O–H groups in total. The van der Waals surface area contributed by atoms with E-state index in [9.17, 15) is 9.59 Å². The molecule has 1 aliphatic heterocycles. The van der Waals surface area contributed by atoms with Gasteiger partial charge in [0.2, 0.25) is 5.91 Å². The van der Waals surface area contributed by atoms with E-state index in [1.165, 1.54) is 0 Å². The van der Waals surface area contributed by atoms with Gasteiger partial charge in [-0.1, -0.05) is 13.8 Å². The molecule has 5 heteroatoms. The van der Waals surface area contributed by atoms with Crippen molar-refractivity contribution in [2.24, 2.45) is 5.41 Å². The van der Waals surface area contributed by atoms with Gasteiger partial charge in [-0.15, -0.1) is 0 Å². The first-order chi connectivity index (χ1) is 8.85. The smallest absolute Gasteiger partial charge is 0.303 e. The van der Waals surface area contributed by atoms with Crippen molar-refractivity contribution in [1.82, 2.24) is 0 Å². The van der Waals surface area contributed by atoms with E-state index in [2.05, 4.69) is 10.6 Å². The molecule has 1 amide bonds. The Labute approximate surface area is 112 Å². The highest BCUT2D eigenvalue weighted by atomic mass is 16.4. The quantitative estimate of drug-likeness (QED) is 0.759. The highest BCUT2D eigenvalue weighted by Gasteiger charge is 2.22. The number of rotatable bonds is 5. The SMILES string of the molecule is CC(C)(CNc1ccc2c(c1)CC(=O)N2)CC(=O)O. The zero-order valence-corrected chi connectivity index (χ0v) is 11.1. The Balaban J connectivity index is 1.99. The van der Waals surface area contributed by atoms with Gasteiger partial charge in [-0.2, -0.15) is 0 Å². The number of nitrogens with one attached hydrogen (secondary N) is 2. The largest absolute Gasteiger partial charge is 0.481 e. The molecule has 1 aromatic carbocycles. The molecule has 19 heavy (non-hydrogen) atoms. The van der Waals surface area contributed by atoms with Crippen LogP contribution in [0, 0.1) is 5.41 Å². The van der Waals surface area contributed by atoms with Crippen LogP contribution in [0.1, 0.15) is 25.8 Å². The maximum Gasteiger partial charge on any atom is 0.303 e. The van der Waals surface area contributed by atoms with Crippen molar-refractivity contribution in [3.63, 3.8) is 0 Å². The summed E-state index contributed by atoms with van der Waals surface area (Å²) in [6, 6.07) is 5.69. The zero-order valence-electron chi connectivity index (χ0n) is 11.1. The molecule has 0 saturated carbocycles. The molecule has 0 saturated heterocycles. The van der Waals surface area contributed by atoms with Crippen molar-refractivity contribution >= 4 is 23.3 Å². The van der Waals surface area contributed by atoms with Gasteiger partial charge < -0.3 is 15.7 Å². The lowest BCUT2D eigenvalue weighted by molar-refractivity contribution is -0.139. The summed E-state index contributed by atoms with van der Waals surface area (Å²) in [5, 5.41) is 14.8. The van der Waals surface area contributed by atoms with E-state index in [0.717, 1.165) is 16.9 Å². The van der Waals surface area contributed by atoms with Gasteiger partial charge in [0.05, 0.1) is 12.8 Å². The first-order valence-corrected chi connectivity index (χ1v) is 6.24. The van der Waals surface area contributed by atoms with Crippen molar-refractivity contribution in [2.75, 3.05) is 17.2 Å². The molecule has 0 bridgehead atoms. The second-order valence-electron chi connectivity index (χ2n) is 5.69. The molecule has 0 aromatic heterocycles. The molecule has 0 spiro atoms. The minimum atomic E-state index is -0.796. The summed E-state index contributed by atoms with van der Waals surface area (Å²) in [4.78, 5) is 22.0. The molecule has 0 aliphatic carbocycles. The van der Waals surface area contributed by atoms with Crippen LogP contribution < -0.4 is 10.6 Å². The predicted molar refractivity (Wildman–Crippen MR) is 73.3 cm³/mol. The van der Waals surface area contributed by atoms with Crippen LogP contribution in [-0.2, 0) is 16.0 Å². The molecule has 0 unspecified atom stereocenters. The molecular weight excluding hydrogens is 244 g/mol. The number of benzene rings is 1. The summed E-state index contributed by atoms with van der Waals surface area (Å²) in [6.07, 6.45) is 0.522. The van der Waals surface area contributed by atoms with E-state index in [-0.39, 0.29) is 17.7 Å². The standard InChI is InChI=1S/C14H18N2O3/c1-14(2,7-13(18)19)8-15-10-3-4-11-9(5-10)6-12(17)16-11/h3-5,15H,6-8H2,1-2H3,(H,16,17)(H,18,19). The van der Waals surface area contributed by atoms with Gasteiger partial charge in [0.15, 0.2) is 0 Å². The molecule has 102 valence electrons. The van der Waals surface area contributed by atoms with Crippen LogP contribution in [0.3, 0.4) is 0 Å². The maximum atomic E-state index is 11.3. The van der Waals surface area contributed by atoms with Gasteiger partial charge >= 0.3 is 5.97 Å². The summed E-state index contributed by atoms with van der Waals surface area (Å²) in [5.74, 6) is -0.783. The Hall–Kier alpha value is -2.04. The average molecular weight is 262 g/mol. The fourth-order valence-corrected chi connectivity index (χ4v) is 2.15. The first kappa shape index (κ1) is 13.4. The minimum Gasteiger partial charge on any atom is -0.481 e. The molecule has 0 radical (unpaired) electrons. The third-order valence-corrected chi connectivity index (χ3v) is 3.13. The van der Waals surface area contributed by atoms with E-state index in [1.54, 1.807) is 0 Å². The highest BCUT2D eigenvalue weighted by Crippen LogP contribution is 2.27. The molecule has 0 fully saturated rings. The van der Waals surface area contributed by atoms with Crippen molar-refractivity contribution < 1.29 is 14.7 Å². The predicted octanol–water partition coefficient (Wildman–Crippen LogP) is 2.09. The average Bonchev–Trinajstić information content (AvgIpc) is 2.64. The summed E-state index contributed by atoms with van der Waals surface area (Å²) in [7, 11) is 0. The molecule has 1 aliphatic rings. The molecule has 1 aromatic rings. The Bertz CT molecular complexity index is 523. The Morgan fingerprint density at radius 1 is 1.47 bits per heavy atom. The molecule has 0 atom stereocenters. The van der Waals surface area contributed by atoms with E-state index in [0.29, 0.717) is 13.0 Å². The maximum absolute atomic E-state index is 11.3. The highest BCUT2D eigenvalue weighted by molar-refractivity contribution is 5.99. The topological polar surface area (TPSA) is 78.4 Å². The van der Waals surface area contributed by atoms with Crippen molar-refractivity contribution in [1.29, 1.82) is 0 Å². The Kier molecular flexibility index (Phi) is 3.46. The molecule has 2 rings (SSSR count). The summed E-state index contributed by atoms with van der Waals surface area (Å²) in [5.41, 5.74) is 2.43. The number of hydrogen-bond acceptors (Lipinski definition) is 3. The lowest BCUT2D eigenvalue weighted by Crippen LogP contribution is -2.26. The number of carbonyl (C=O) groups excluding carboxylic acids is 1. The fraction of sp³-hybridized carbons (Fsp3) is 0.429. The number of carbonyl (C=O) groups is 2. The van der Waals surface area contributed by atoms with Gasteiger partial charge in [0, 0.05) is 17.9 Å². The third kappa shape index (κ3) is 3.47. The van der Waals surface area contributed by atoms with Crippen LogP contribution in [0.5, 0.6) is 0 Å². The summed E-state index contributed by atoms with van der Waals surface area (Å²) in [6.45, 7) is 4.39. The number of aliphatic carboxylic acids is 1. The van der Waals surface area contributed by atoms with E-state index >= 15 is 0 Å². The van der Waals surface area contributed by atoms with Crippen molar-refractivity contribution in [3.8, 4) is 0 Å². The van der Waals surface area contributed by atoms with E-state index in [1.807, 2.05) is 32.0 Å². The number of carboxylic acids is 1. The number of fused-ring (bicyclic) bond motifs is 1. The van der Waals surface area contributed by atoms with Crippen LogP contribution in [0.25, 0.3) is 0 Å². The van der Waals surface area contributed by atoms with E-state index < -0.39 is 5.97 Å². The molecule has 1 heterocycles. The minimum absolute atomic E-state index is 0.0124. The van der Waals surface area contributed by atoms with Gasteiger partial charge in [-0.3, -0.25) is 9.59 Å². The van der Waals surface area contributed by atoms with Crippen LogP contribution in [-0.4, -0.2) is 23.5 Å². The van der Waals surface area contributed by atoms with Gasteiger partial charge in [0.1, 0.15) is 0 Å². The van der Waals surface area contributed by atoms with Gasteiger partial charge in [-0.25, -0.2) is 0 Å². The number of amides is 1. The lowest BCUT2D eigenvalue weighted by Gasteiger charge is -2.23. The second-order valence-corrected chi connectivity index (χ2v) is 5.69. The molecule has 5 nitrogen and oxygen atoms in total. The molecular formula is C14H18N2O3. The van der Waals surface area contributed by atoms with Crippen molar-refractivity contribution in [3.05, 3.63) is 23.8 Å². The number of anilines is 2. The monoisotopic (exact) mass is 262 g/mol. The summed E-state index contributed by atoms with van der Waals surface area (Å²) >= 11 is 0. The second kappa shape index (κ2) is 4.91. The Morgan fingerprint density at radius 2 is 2.21 bits per heavy atom. The number of carboxylic acid groups (broad SMARTS) is 1. The first-order valence-electron chi connectivity index (χ1n) is 6.24. The van der Waals surface area contributed by atoms with Gasteiger partial charge in [-0.05, 0) is 29.2 Å². The number of hydrogen-bond donors (Lipinski definition) is 3. The van der Waals surface area contributed by atoms with Crippen LogP contribution in [0.4, 0.5) is 11.4 Å². The Morgan fingerprint density at radius 3 is 2.89 bits per heavy atom. The van der Waals surface area contributed by atoms with E-state index in [4.69, 9.17) is 5.11 Å². The summed E-state index contributed by atoms with van der Waals surface area (Å²) < 4.78 is 0. The van der Waals surface area contributed by atoms with Crippen LogP contribution >= 0.6 is 0 Å².